The third-order valence-corrected chi connectivity index (χ3v) is 5.23. The summed E-state index contributed by atoms with van der Waals surface area (Å²) in [5.41, 5.74) is 8.64. The summed E-state index contributed by atoms with van der Waals surface area (Å²) in [5.74, 6) is -0.149. The minimum atomic E-state index is -0.550. The molecule has 0 bridgehead atoms. The van der Waals surface area contributed by atoms with Gasteiger partial charge in [-0.2, -0.15) is 0 Å². The van der Waals surface area contributed by atoms with E-state index in [1.165, 1.54) is 0 Å². The number of thiocarbonyl (C=S) groups is 1. The molecule has 6 nitrogen and oxygen atoms in total. The highest BCUT2D eigenvalue weighted by molar-refractivity contribution is 7.80. The Morgan fingerprint density at radius 2 is 1.53 bits per heavy atom. The molecule has 0 aliphatic carbocycles. The number of carbonyl (C=O) groups is 2. The van der Waals surface area contributed by atoms with Crippen molar-refractivity contribution in [2.45, 2.75) is 6.04 Å². The maximum absolute atomic E-state index is 13.7. The number of benzene rings is 3. The highest BCUT2D eigenvalue weighted by atomic mass is 32.1. The highest BCUT2D eigenvalue weighted by Gasteiger charge is 2.32. The fraction of sp³-hybridized carbons (Fsp3) is 0.0800. The van der Waals surface area contributed by atoms with Crippen LogP contribution in [0.25, 0.3) is 5.70 Å². The van der Waals surface area contributed by atoms with E-state index in [-0.39, 0.29) is 12.4 Å². The summed E-state index contributed by atoms with van der Waals surface area (Å²) in [5, 5.41) is 6.83. The second kappa shape index (κ2) is 9.45. The maximum atomic E-state index is 13.7. The summed E-state index contributed by atoms with van der Waals surface area (Å²) in [6, 6.07) is 25.4. The maximum Gasteiger partial charge on any atom is 0.255 e. The molecule has 1 aliphatic heterocycles. The van der Waals surface area contributed by atoms with Gasteiger partial charge in [0.05, 0.1) is 17.3 Å². The monoisotopic (exact) mass is 443 g/mol. The lowest BCUT2D eigenvalue weighted by molar-refractivity contribution is -0.119. The fourth-order valence-corrected chi connectivity index (χ4v) is 3.77. The van der Waals surface area contributed by atoms with Crippen molar-refractivity contribution in [2.75, 3.05) is 6.61 Å². The van der Waals surface area contributed by atoms with E-state index in [0.29, 0.717) is 27.7 Å². The summed E-state index contributed by atoms with van der Waals surface area (Å²) in [6.07, 6.45) is 0. The van der Waals surface area contributed by atoms with Crippen molar-refractivity contribution >= 4 is 34.7 Å². The highest BCUT2D eigenvalue weighted by Crippen LogP contribution is 2.34. The van der Waals surface area contributed by atoms with E-state index in [1.807, 2.05) is 60.7 Å². The van der Waals surface area contributed by atoms with Crippen molar-refractivity contribution in [1.82, 2.24) is 10.6 Å². The van der Waals surface area contributed by atoms with Gasteiger partial charge in [0, 0.05) is 5.56 Å². The van der Waals surface area contributed by atoms with Crippen LogP contribution in [0.2, 0.25) is 0 Å². The van der Waals surface area contributed by atoms with E-state index in [1.54, 1.807) is 24.3 Å². The molecule has 1 heterocycles. The van der Waals surface area contributed by atoms with E-state index < -0.39 is 11.9 Å². The lowest BCUT2D eigenvalue weighted by Crippen LogP contribution is -2.44. The van der Waals surface area contributed by atoms with Crippen LogP contribution in [0.5, 0.6) is 5.75 Å². The number of amides is 1. The Bertz CT molecular complexity index is 1180. The molecule has 0 radical (unpaired) electrons. The van der Waals surface area contributed by atoms with Crippen molar-refractivity contribution in [3.63, 3.8) is 0 Å². The molecular formula is C25H21N3O3S. The van der Waals surface area contributed by atoms with Crippen LogP contribution >= 0.6 is 12.2 Å². The van der Waals surface area contributed by atoms with Gasteiger partial charge in [-0.3, -0.25) is 9.59 Å². The topological polar surface area (TPSA) is 93.5 Å². The second-order valence-corrected chi connectivity index (χ2v) is 7.61. The van der Waals surface area contributed by atoms with Gasteiger partial charge in [-0.05, 0) is 35.5 Å². The number of nitrogens with two attached hydrogens (primary N) is 1. The number of hydrogen-bond acceptors (Lipinski definition) is 4. The zero-order valence-corrected chi connectivity index (χ0v) is 17.9. The zero-order chi connectivity index (χ0) is 22.5. The van der Waals surface area contributed by atoms with Gasteiger partial charge in [-0.15, -0.1) is 0 Å². The molecule has 160 valence electrons. The normalized spacial score (nSPS) is 15.5. The first-order chi connectivity index (χ1) is 15.5. The first kappa shape index (κ1) is 21.3. The molecular weight excluding hydrogens is 422 g/mol. The van der Waals surface area contributed by atoms with Gasteiger partial charge in [-0.1, -0.05) is 72.8 Å². The molecule has 1 atom stereocenters. The molecule has 32 heavy (non-hydrogen) atoms. The van der Waals surface area contributed by atoms with E-state index in [9.17, 15) is 9.59 Å². The first-order valence-electron chi connectivity index (χ1n) is 10.0. The molecule has 1 aliphatic rings. The molecule has 3 aromatic rings. The Morgan fingerprint density at radius 1 is 0.906 bits per heavy atom. The van der Waals surface area contributed by atoms with E-state index in [4.69, 9.17) is 22.7 Å². The van der Waals surface area contributed by atoms with Gasteiger partial charge >= 0.3 is 0 Å². The van der Waals surface area contributed by atoms with Crippen molar-refractivity contribution < 1.29 is 14.3 Å². The number of hydrogen-bond donors (Lipinski definition) is 3. The molecule has 0 aromatic heterocycles. The molecule has 7 heteroatoms. The number of ether oxygens (including phenoxy) is 1. The van der Waals surface area contributed by atoms with Gasteiger partial charge in [-0.25, -0.2) is 0 Å². The third kappa shape index (κ3) is 4.68. The number of ketones is 1. The van der Waals surface area contributed by atoms with Crippen LogP contribution in [0, 0.1) is 0 Å². The summed E-state index contributed by atoms with van der Waals surface area (Å²) in [4.78, 5) is 24.6. The van der Waals surface area contributed by atoms with Crippen molar-refractivity contribution in [1.29, 1.82) is 0 Å². The Kier molecular flexibility index (Phi) is 6.28. The number of Topliss-reactive ketones (excluding diaryl/α,β-unsaturated/α-hetero) is 1. The fourth-order valence-electron chi connectivity index (χ4n) is 3.55. The summed E-state index contributed by atoms with van der Waals surface area (Å²) in [6.45, 7) is -0.204. The van der Waals surface area contributed by atoms with Gasteiger partial charge in [0.15, 0.2) is 17.5 Å². The van der Waals surface area contributed by atoms with Crippen LogP contribution in [0.3, 0.4) is 0 Å². The molecule has 0 unspecified atom stereocenters. The van der Waals surface area contributed by atoms with E-state index in [0.717, 1.165) is 11.1 Å². The lowest BCUT2D eigenvalue weighted by Gasteiger charge is -2.32. The SMILES string of the molecule is NC(=O)COc1ccc([C@@H]2NC(=S)NC(c3ccccc3)=C2C(=O)c2ccccc2)cc1. The average Bonchev–Trinajstić information content (AvgIpc) is 2.83. The number of carbonyl (C=O) groups excluding carboxylic acids is 2. The number of rotatable bonds is 7. The lowest BCUT2D eigenvalue weighted by atomic mass is 9.87. The van der Waals surface area contributed by atoms with Crippen LogP contribution in [0.4, 0.5) is 0 Å². The molecule has 0 saturated heterocycles. The molecule has 1 amide bonds. The van der Waals surface area contributed by atoms with Crippen LogP contribution < -0.4 is 21.1 Å². The Hall–Kier alpha value is -3.97. The van der Waals surface area contributed by atoms with Gasteiger partial charge in [0.2, 0.25) is 0 Å². The summed E-state index contributed by atoms with van der Waals surface area (Å²) >= 11 is 5.47. The second-order valence-electron chi connectivity index (χ2n) is 7.21. The number of nitrogens with one attached hydrogen (secondary N) is 2. The van der Waals surface area contributed by atoms with Crippen LogP contribution in [-0.4, -0.2) is 23.4 Å². The van der Waals surface area contributed by atoms with Crippen molar-refractivity contribution in [3.05, 3.63) is 107 Å². The third-order valence-electron chi connectivity index (χ3n) is 5.01. The first-order valence-corrected chi connectivity index (χ1v) is 10.4. The van der Waals surface area contributed by atoms with Gasteiger partial charge in [0.1, 0.15) is 5.75 Å². The minimum absolute atomic E-state index is 0.106. The summed E-state index contributed by atoms with van der Waals surface area (Å²) in [7, 11) is 0. The molecule has 0 saturated carbocycles. The molecule has 4 N–H and O–H groups in total. The summed E-state index contributed by atoms with van der Waals surface area (Å²) < 4.78 is 5.35. The van der Waals surface area contributed by atoms with E-state index in [2.05, 4.69) is 10.6 Å². The molecule has 3 aromatic carbocycles. The molecule has 0 spiro atoms. The van der Waals surface area contributed by atoms with Crippen LogP contribution in [0.15, 0.2) is 90.5 Å². The predicted molar refractivity (Wildman–Crippen MR) is 127 cm³/mol. The minimum Gasteiger partial charge on any atom is -0.484 e. The average molecular weight is 444 g/mol. The van der Waals surface area contributed by atoms with Gasteiger partial charge < -0.3 is 21.1 Å². The van der Waals surface area contributed by atoms with Crippen molar-refractivity contribution in [3.8, 4) is 5.75 Å². The molecule has 4 rings (SSSR count). The predicted octanol–water partition coefficient (Wildman–Crippen LogP) is 3.36. The zero-order valence-electron chi connectivity index (χ0n) is 17.1. The van der Waals surface area contributed by atoms with E-state index >= 15 is 0 Å². The standard InChI is InChI=1S/C25H21N3O3S/c26-20(29)15-31-19-13-11-17(12-14-19)23-21(24(30)18-9-5-2-6-10-18)22(27-25(32)28-23)16-7-3-1-4-8-16/h1-14,23H,15H2,(H2,26,29)(H2,27,28,32)/t23-/m0/s1. The van der Waals surface area contributed by atoms with Crippen LogP contribution in [-0.2, 0) is 4.79 Å². The largest absolute Gasteiger partial charge is 0.484 e. The Balaban J connectivity index is 1.80. The Labute approximate surface area is 191 Å². The van der Waals surface area contributed by atoms with Crippen molar-refractivity contribution in [2.24, 2.45) is 5.73 Å². The van der Waals surface area contributed by atoms with Crippen LogP contribution in [0.1, 0.15) is 27.5 Å². The Morgan fingerprint density at radius 3 is 2.16 bits per heavy atom. The van der Waals surface area contributed by atoms with Gasteiger partial charge in [0.25, 0.3) is 5.91 Å². The number of primary amides is 1. The quantitative estimate of drug-likeness (QED) is 0.383. The smallest absolute Gasteiger partial charge is 0.255 e. The molecule has 0 fully saturated rings.